The molecule has 6 nitrogen and oxygen atoms in total. The van der Waals surface area contributed by atoms with E-state index in [1.165, 1.54) is 11.3 Å². The second-order valence-electron chi connectivity index (χ2n) is 5.79. The van der Waals surface area contributed by atoms with Gasteiger partial charge in [0.15, 0.2) is 5.76 Å². The first kappa shape index (κ1) is 16.3. The van der Waals surface area contributed by atoms with E-state index in [2.05, 4.69) is 15.4 Å². The number of nitrogens with zero attached hydrogens (tertiary/aromatic N) is 3. The van der Waals surface area contributed by atoms with Crippen molar-refractivity contribution < 1.29 is 9.21 Å². The minimum atomic E-state index is -0.0971. The number of aromatic nitrogens is 3. The summed E-state index contributed by atoms with van der Waals surface area (Å²) in [5.41, 5.74) is 2.50. The molecule has 0 unspecified atom stereocenters. The quantitative estimate of drug-likeness (QED) is 0.579. The third kappa shape index (κ3) is 3.43. The van der Waals surface area contributed by atoms with Crippen molar-refractivity contribution in [1.82, 2.24) is 14.8 Å². The van der Waals surface area contributed by atoms with Crippen molar-refractivity contribution in [3.8, 4) is 16.6 Å². The number of aryl methyl sites for hydroxylation is 1. The lowest BCUT2D eigenvalue weighted by molar-refractivity contribution is -0.115. The first-order valence-electron chi connectivity index (χ1n) is 8.09. The highest BCUT2D eigenvalue weighted by molar-refractivity contribution is 7.12. The van der Waals surface area contributed by atoms with Crippen LogP contribution in [0.4, 0.5) is 5.82 Å². The number of thiazole rings is 1. The Balaban J connectivity index is 1.56. The fourth-order valence-electron chi connectivity index (χ4n) is 2.60. The van der Waals surface area contributed by atoms with Gasteiger partial charge in [-0.25, -0.2) is 4.98 Å². The zero-order chi connectivity index (χ0) is 17.9. The van der Waals surface area contributed by atoms with Crippen LogP contribution >= 0.6 is 11.3 Å². The van der Waals surface area contributed by atoms with Gasteiger partial charge in [0.2, 0.25) is 11.0 Å². The molecule has 0 saturated heterocycles. The molecule has 3 aromatic heterocycles. The molecule has 130 valence electrons. The lowest BCUT2D eigenvalue weighted by Crippen LogP contribution is -2.17. The Morgan fingerprint density at radius 1 is 1.23 bits per heavy atom. The average Bonchev–Trinajstić information content (AvgIpc) is 3.35. The fraction of sp³-hybridized carbons (Fsp3) is 0.105. The molecular formula is C19H16N4O2S. The van der Waals surface area contributed by atoms with Crippen LogP contribution in [0.15, 0.2) is 64.6 Å². The van der Waals surface area contributed by atoms with Crippen LogP contribution in [-0.2, 0) is 11.2 Å². The first-order valence-corrected chi connectivity index (χ1v) is 8.97. The van der Waals surface area contributed by atoms with E-state index >= 15 is 0 Å². The van der Waals surface area contributed by atoms with E-state index in [-0.39, 0.29) is 5.91 Å². The van der Waals surface area contributed by atoms with Crippen molar-refractivity contribution in [2.24, 2.45) is 0 Å². The Kier molecular flexibility index (Phi) is 4.37. The van der Waals surface area contributed by atoms with Gasteiger partial charge < -0.3 is 9.73 Å². The van der Waals surface area contributed by atoms with Gasteiger partial charge in [0, 0.05) is 11.4 Å². The van der Waals surface area contributed by atoms with E-state index in [9.17, 15) is 4.79 Å². The Morgan fingerprint density at radius 2 is 2.08 bits per heavy atom. The van der Waals surface area contributed by atoms with Crippen LogP contribution in [0, 0.1) is 6.92 Å². The minimum absolute atomic E-state index is 0.0971. The maximum absolute atomic E-state index is 12.4. The topological polar surface area (TPSA) is 73.0 Å². The van der Waals surface area contributed by atoms with Crippen molar-refractivity contribution in [3.05, 3.63) is 71.4 Å². The molecule has 3 heterocycles. The summed E-state index contributed by atoms with van der Waals surface area (Å²) in [7, 11) is 0. The van der Waals surface area contributed by atoms with Crippen molar-refractivity contribution in [3.63, 3.8) is 0 Å². The highest BCUT2D eigenvalue weighted by Crippen LogP contribution is 2.26. The van der Waals surface area contributed by atoms with Crippen molar-refractivity contribution in [1.29, 1.82) is 0 Å². The van der Waals surface area contributed by atoms with Crippen LogP contribution in [0.5, 0.6) is 0 Å². The molecule has 0 saturated carbocycles. The van der Waals surface area contributed by atoms with E-state index in [0.29, 0.717) is 23.1 Å². The zero-order valence-corrected chi connectivity index (χ0v) is 14.9. The predicted octanol–water partition coefficient (Wildman–Crippen LogP) is 4.08. The number of hydrogen-bond donors (Lipinski definition) is 1. The highest BCUT2D eigenvalue weighted by atomic mass is 32.1. The van der Waals surface area contributed by atoms with Crippen molar-refractivity contribution >= 4 is 23.1 Å². The molecule has 0 bridgehead atoms. The lowest BCUT2D eigenvalue weighted by Gasteiger charge is -2.06. The third-order valence-corrected chi connectivity index (χ3v) is 4.57. The maximum Gasteiger partial charge on any atom is 0.229 e. The van der Waals surface area contributed by atoms with E-state index in [4.69, 9.17) is 4.42 Å². The summed E-state index contributed by atoms with van der Waals surface area (Å²) in [6.45, 7) is 1.88. The molecule has 4 aromatic rings. The van der Waals surface area contributed by atoms with Crippen LogP contribution in [0.1, 0.15) is 11.3 Å². The van der Waals surface area contributed by atoms with Crippen LogP contribution in [0.3, 0.4) is 0 Å². The van der Waals surface area contributed by atoms with Crippen LogP contribution in [-0.4, -0.2) is 20.7 Å². The molecule has 26 heavy (non-hydrogen) atoms. The SMILES string of the molecule is Cc1cc(NC(=O)Cc2ccccc2)n(-c2nc(-c3ccco3)cs2)n1. The molecule has 0 spiro atoms. The number of amides is 1. The van der Waals surface area contributed by atoms with E-state index in [0.717, 1.165) is 17.0 Å². The number of hydrogen-bond acceptors (Lipinski definition) is 5. The van der Waals surface area contributed by atoms with Crippen molar-refractivity contribution in [2.75, 3.05) is 5.32 Å². The van der Waals surface area contributed by atoms with Crippen LogP contribution < -0.4 is 5.32 Å². The van der Waals surface area contributed by atoms with Gasteiger partial charge in [-0.05, 0) is 24.6 Å². The minimum Gasteiger partial charge on any atom is -0.463 e. The van der Waals surface area contributed by atoms with E-state index in [1.807, 2.05) is 60.8 Å². The third-order valence-electron chi connectivity index (χ3n) is 3.75. The lowest BCUT2D eigenvalue weighted by atomic mass is 10.1. The highest BCUT2D eigenvalue weighted by Gasteiger charge is 2.15. The zero-order valence-electron chi connectivity index (χ0n) is 14.0. The fourth-order valence-corrected chi connectivity index (χ4v) is 3.38. The monoisotopic (exact) mass is 364 g/mol. The van der Waals surface area contributed by atoms with Crippen LogP contribution in [0.25, 0.3) is 16.6 Å². The van der Waals surface area contributed by atoms with Gasteiger partial charge in [-0.1, -0.05) is 30.3 Å². The van der Waals surface area contributed by atoms with Gasteiger partial charge in [-0.15, -0.1) is 11.3 Å². The summed E-state index contributed by atoms with van der Waals surface area (Å²) in [4.78, 5) is 16.9. The normalized spacial score (nSPS) is 10.8. The number of nitrogens with one attached hydrogen (secondary N) is 1. The molecule has 0 aliphatic heterocycles. The Bertz CT molecular complexity index is 1020. The summed E-state index contributed by atoms with van der Waals surface area (Å²) in [6.07, 6.45) is 1.92. The number of furan rings is 1. The number of carbonyl (C=O) groups is 1. The van der Waals surface area contributed by atoms with E-state index in [1.54, 1.807) is 10.9 Å². The molecule has 7 heteroatoms. The second-order valence-corrected chi connectivity index (χ2v) is 6.62. The molecule has 4 rings (SSSR count). The Hall–Kier alpha value is -3.19. The Morgan fingerprint density at radius 3 is 2.85 bits per heavy atom. The molecule has 0 aliphatic rings. The first-order chi connectivity index (χ1) is 12.7. The standard InChI is InChI=1S/C19H16N4O2S/c1-13-10-17(21-18(24)11-14-6-3-2-4-7-14)23(22-13)19-20-15(12-26-19)16-8-5-9-25-16/h2-10,12H,11H2,1H3,(H,21,24). The molecule has 0 radical (unpaired) electrons. The van der Waals surface area contributed by atoms with Crippen molar-refractivity contribution in [2.45, 2.75) is 13.3 Å². The number of benzene rings is 1. The summed E-state index contributed by atoms with van der Waals surface area (Å²) in [5.74, 6) is 1.20. The number of anilines is 1. The second kappa shape index (κ2) is 6.97. The predicted molar refractivity (Wildman–Crippen MR) is 100 cm³/mol. The number of carbonyl (C=O) groups excluding carboxylic acids is 1. The molecule has 1 amide bonds. The van der Waals surface area contributed by atoms with Gasteiger partial charge in [-0.3, -0.25) is 4.79 Å². The Labute approximate surface area is 154 Å². The maximum atomic E-state index is 12.4. The molecule has 0 atom stereocenters. The summed E-state index contributed by atoms with van der Waals surface area (Å²) < 4.78 is 7.03. The molecule has 1 aromatic carbocycles. The summed E-state index contributed by atoms with van der Waals surface area (Å²) >= 11 is 1.44. The molecule has 0 aliphatic carbocycles. The largest absolute Gasteiger partial charge is 0.463 e. The van der Waals surface area contributed by atoms with Gasteiger partial charge in [-0.2, -0.15) is 9.78 Å². The smallest absolute Gasteiger partial charge is 0.229 e. The van der Waals surface area contributed by atoms with Gasteiger partial charge in [0.25, 0.3) is 0 Å². The molecule has 0 fully saturated rings. The van der Waals surface area contributed by atoms with Gasteiger partial charge in [0.05, 0.1) is 18.4 Å². The summed E-state index contributed by atoms with van der Waals surface area (Å²) in [6, 6.07) is 15.1. The average molecular weight is 364 g/mol. The summed E-state index contributed by atoms with van der Waals surface area (Å²) in [5, 5.41) is 9.95. The van der Waals surface area contributed by atoms with E-state index < -0.39 is 0 Å². The molecule has 1 N–H and O–H groups in total. The van der Waals surface area contributed by atoms with Crippen LogP contribution in [0.2, 0.25) is 0 Å². The van der Waals surface area contributed by atoms with Gasteiger partial charge >= 0.3 is 0 Å². The molecular weight excluding hydrogens is 348 g/mol. The van der Waals surface area contributed by atoms with Gasteiger partial charge in [0.1, 0.15) is 11.5 Å². The number of rotatable bonds is 5.